The van der Waals surface area contributed by atoms with E-state index in [0.29, 0.717) is 13.9 Å². The Bertz CT molecular complexity index is 1000. The average Bonchev–Trinajstić information content (AvgIpc) is 3.03. The van der Waals surface area contributed by atoms with Crippen molar-refractivity contribution in [3.05, 3.63) is 61.4 Å². The molecule has 156 valence electrons. The summed E-state index contributed by atoms with van der Waals surface area (Å²) in [6, 6.07) is 11.9. The number of hydrogen-bond donors (Lipinski definition) is 1. The number of benzene rings is 2. The number of carbonyl (C=O) groups is 1. The third-order valence-electron chi connectivity index (χ3n) is 5.37. The number of phenolic OH excluding ortho intramolecular Hbond substituents is 1. The smallest absolute Gasteiger partial charge is 0.267 e. The van der Waals surface area contributed by atoms with Crippen molar-refractivity contribution in [2.75, 3.05) is 0 Å². The molecule has 1 aliphatic carbocycles. The van der Waals surface area contributed by atoms with Gasteiger partial charge in [0.05, 0.1) is 19.5 Å². The fourth-order valence-corrected chi connectivity index (χ4v) is 6.06. The molecule has 1 aliphatic heterocycles. The molecule has 30 heavy (non-hydrogen) atoms. The number of aryl methyl sites for hydroxylation is 1. The summed E-state index contributed by atoms with van der Waals surface area (Å²) in [5.74, 6) is 0.158. The number of aromatic hydroxyl groups is 1. The van der Waals surface area contributed by atoms with Gasteiger partial charge in [0.1, 0.15) is 5.75 Å². The predicted molar refractivity (Wildman–Crippen MR) is 131 cm³/mol. The van der Waals surface area contributed by atoms with Crippen LogP contribution in [0.2, 0.25) is 0 Å². The van der Waals surface area contributed by atoms with Crippen molar-refractivity contribution in [3.8, 4) is 5.75 Å². The second kappa shape index (κ2) is 9.28. The lowest BCUT2D eigenvalue weighted by Crippen LogP contribution is -2.40. The molecule has 1 heterocycles. The highest BCUT2D eigenvalue weighted by atomic mass is 79.9. The maximum absolute atomic E-state index is 13.4. The zero-order valence-corrected chi connectivity index (χ0v) is 20.6. The Morgan fingerprint density at radius 2 is 1.73 bits per heavy atom. The van der Waals surface area contributed by atoms with E-state index in [2.05, 4.69) is 31.9 Å². The summed E-state index contributed by atoms with van der Waals surface area (Å²) in [5.41, 5.74) is 2.87. The Balaban J connectivity index is 1.71. The molecule has 2 fully saturated rings. The van der Waals surface area contributed by atoms with Crippen LogP contribution in [0.4, 0.5) is 5.69 Å². The van der Waals surface area contributed by atoms with Crippen molar-refractivity contribution in [2.24, 2.45) is 4.99 Å². The second-order valence-corrected chi connectivity index (χ2v) is 10.4. The van der Waals surface area contributed by atoms with Gasteiger partial charge in [-0.05, 0) is 99.3 Å². The molecular formula is C23H22Br2N2O2S. The largest absolute Gasteiger partial charge is 0.506 e. The van der Waals surface area contributed by atoms with Gasteiger partial charge >= 0.3 is 0 Å². The SMILES string of the molecule is Cc1ccc(N=C2S/C(=C/c3cc(Br)c(O)c(Br)c3)C(=O)N2C2CCCCC2)cc1. The fourth-order valence-electron chi connectivity index (χ4n) is 3.78. The van der Waals surface area contributed by atoms with Crippen LogP contribution in [0.3, 0.4) is 0 Å². The molecule has 0 atom stereocenters. The van der Waals surface area contributed by atoms with Crippen LogP contribution >= 0.6 is 43.6 Å². The molecule has 4 rings (SSSR count). The van der Waals surface area contributed by atoms with Crippen molar-refractivity contribution < 1.29 is 9.90 Å². The number of thioether (sulfide) groups is 1. The van der Waals surface area contributed by atoms with E-state index in [-0.39, 0.29) is 17.7 Å². The van der Waals surface area contributed by atoms with E-state index < -0.39 is 0 Å². The first-order valence-electron chi connectivity index (χ1n) is 9.99. The Hall–Kier alpha value is -1.57. The summed E-state index contributed by atoms with van der Waals surface area (Å²) >= 11 is 8.15. The second-order valence-electron chi connectivity index (χ2n) is 7.64. The van der Waals surface area contributed by atoms with Gasteiger partial charge in [0.2, 0.25) is 0 Å². The minimum atomic E-state index is 0.0121. The maximum Gasteiger partial charge on any atom is 0.267 e. The van der Waals surface area contributed by atoms with E-state index in [9.17, 15) is 9.90 Å². The molecule has 0 bridgehead atoms. The predicted octanol–water partition coefficient (Wildman–Crippen LogP) is 7.16. The first kappa shape index (κ1) is 21.7. The van der Waals surface area contributed by atoms with Crippen LogP contribution in [0.5, 0.6) is 5.75 Å². The first-order chi connectivity index (χ1) is 14.4. The highest BCUT2D eigenvalue weighted by Gasteiger charge is 2.38. The molecule has 0 unspecified atom stereocenters. The number of phenols is 1. The van der Waals surface area contributed by atoms with Crippen LogP contribution in [0.1, 0.15) is 43.2 Å². The lowest BCUT2D eigenvalue weighted by molar-refractivity contribution is -0.124. The number of amidine groups is 1. The summed E-state index contributed by atoms with van der Waals surface area (Å²) in [6.07, 6.45) is 7.43. The summed E-state index contributed by atoms with van der Waals surface area (Å²) in [7, 11) is 0. The number of amides is 1. The minimum absolute atomic E-state index is 0.0121. The molecular weight excluding hydrogens is 528 g/mol. The zero-order chi connectivity index (χ0) is 21.3. The monoisotopic (exact) mass is 548 g/mol. The van der Waals surface area contributed by atoms with Crippen molar-refractivity contribution in [1.29, 1.82) is 0 Å². The quantitative estimate of drug-likeness (QED) is 0.413. The lowest BCUT2D eigenvalue weighted by atomic mass is 9.94. The van der Waals surface area contributed by atoms with Gasteiger partial charge in [0, 0.05) is 6.04 Å². The Morgan fingerprint density at radius 1 is 1.10 bits per heavy atom. The number of aliphatic imine (C=N–C) groups is 1. The topological polar surface area (TPSA) is 52.9 Å². The maximum atomic E-state index is 13.4. The molecule has 0 radical (unpaired) electrons. The Kier molecular flexibility index (Phi) is 6.70. The van der Waals surface area contributed by atoms with E-state index in [1.807, 2.05) is 42.2 Å². The third-order valence-corrected chi connectivity index (χ3v) is 7.56. The number of carbonyl (C=O) groups excluding carboxylic acids is 1. The Morgan fingerprint density at radius 3 is 2.37 bits per heavy atom. The van der Waals surface area contributed by atoms with E-state index in [0.717, 1.165) is 42.1 Å². The van der Waals surface area contributed by atoms with Gasteiger partial charge in [-0.15, -0.1) is 0 Å². The van der Waals surface area contributed by atoms with Crippen molar-refractivity contribution in [2.45, 2.75) is 45.1 Å². The van der Waals surface area contributed by atoms with E-state index >= 15 is 0 Å². The van der Waals surface area contributed by atoms with Gasteiger partial charge in [-0.3, -0.25) is 9.69 Å². The average molecular weight is 550 g/mol. The van der Waals surface area contributed by atoms with Gasteiger partial charge in [0.25, 0.3) is 5.91 Å². The lowest BCUT2D eigenvalue weighted by Gasteiger charge is -2.30. The standard InChI is InChI=1S/C23H22Br2N2O2S/c1-14-7-9-16(10-8-14)26-23-27(17-5-3-2-4-6-17)22(29)20(30-23)13-15-11-18(24)21(28)19(25)12-15/h7-13,17,28H,2-6H2,1H3/b20-13+,26-23?. The molecule has 2 aromatic carbocycles. The summed E-state index contributed by atoms with van der Waals surface area (Å²) in [5, 5.41) is 10.7. The van der Waals surface area contributed by atoms with Crippen LogP contribution in [0.15, 0.2) is 55.2 Å². The first-order valence-corrected chi connectivity index (χ1v) is 12.4. The summed E-state index contributed by atoms with van der Waals surface area (Å²) < 4.78 is 1.16. The van der Waals surface area contributed by atoms with Crippen molar-refractivity contribution in [1.82, 2.24) is 4.90 Å². The molecule has 1 N–H and O–H groups in total. The van der Waals surface area contributed by atoms with Gasteiger partial charge in [-0.25, -0.2) is 4.99 Å². The third kappa shape index (κ3) is 4.68. The van der Waals surface area contributed by atoms with E-state index in [4.69, 9.17) is 4.99 Å². The molecule has 1 saturated heterocycles. The summed E-state index contributed by atoms with van der Waals surface area (Å²) in [4.78, 5) is 20.8. The van der Waals surface area contributed by atoms with Crippen molar-refractivity contribution in [3.63, 3.8) is 0 Å². The normalized spacial score (nSPS) is 20.5. The van der Waals surface area contributed by atoms with Gasteiger partial charge in [-0.2, -0.15) is 0 Å². The highest BCUT2D eigenvalue weighted by Crippen LogP contribution is 2.40. The van der Waals surface area contributed by atoms with Crippen LogP contribution in [-0.4, -0.2) is 27.1 Å². The molecule has 0 aromatic heterocycles. The fraction of sp³-hybridized carbons (Fsp3) is 0.304. The van der Waals surface area contributed by atoms with Crippen LogP contribution in [0.25, 0.3) is 6.08 Å². The number of rotatable bonds is 3. The molecule has 0 spiro atoms. The molecule has 2 aliphatic rings. The number of nitrogens with zero attached hydrogens (tertiary/aromatic N) is 2. The van der Waals surface area contributed by atoms with Crippen LogP contribution in [-0.2, 0) is 4.79 Å². The molecule has 1 saturated carbocycles. The molecule has 1 amide bonds. The molecule has 7 heteroatoms. The Labute approximate surface area is 197 Å². The van der Waals surface area contributed by atoms with Gasteiger partial charge < -0.3 is 5.11 Å². The van der Waals surface area contributed by atoms with Crippen LogP contribution in [0, 0.1) is 6.92 Å². The van der Waals surface area contributed by atoms with Gasteiger partial charge in [0.15, 0.2) is 5.17 Å². The minimum Gasteiger partial charge on any atom is -0.506 e. The molecule has 2 aromatic rings. The van der Waals surface area contributed by atoms with E-state index in [1.165, 1.54) is 23.7 Å². The zero-order valence-electron chi connectivity index (χ0n) is 16.6. The molecule has 4 nitrogen and oxygen atoms in total. The van der Waals surface area contributed by atoms with E-state index in [1.54, 1.807) is 12.1 Å². The number of halogens is 2. The van der Waals surface area contributed by atoms with Gasteiger partial charge in [-0.1, -0.05) is 37.0 Å². The number of hydrogen-bond acceptors (Lipinski definition) is 4. The van der Waals surface area contributed by atoms with Crippen LogP contribution < -0.4 is 0 Å². The summed E-state index contributed by atoms with van der Waals surface area (Å²) in [6.45, 7) is 2.05. The van der Waals surface area contributed by atoms with Crippen molar-refractivity contribution >= 4 is 66.5 Å². The highest BCUT2D eigenvalue weighted by molar-refractivity contribution is 9.11.